The van der Waals surface area contributed by atoms with Crippen LogP contribution in [0.1, 0.15) is 28.9 Å². The summed E-state index contributed by atoms with van der Waals surface area (Å²) in [5, 5.41) is 5.12. The highest BCUT2D eigenvalue weighted by atomic mass is 35.5. The van der Waals surface area contributed by atoms with Crippen molar-refractivity contribution in [3.63, 3.8) is 0 Å². The molecule has 0 atom stereocenters. The molecule has 0 saturated carbocycles. The molecule has 0 aliphatic carbocycles. The van der Waals surface area contributed by atoms with Gasteiger partial charge in [0.05, 0.1) is 16.0 Å². The van der Waals surface area contributed by atoms with Crippen LogP contribution in [-0.4, -0.2) is 35.2 Å². The number of nitrogens with one attached hydrogen (secondary N) is 1. The van der Waals surface area contributed by atoms with E-state index in [9.17, 15) is 4.79 Å². The number of thioether (sulfide) groups is 1. The summed E-state index contributed by atoms with van der Waals surface area (Å²) in [6, 6.07) is 16.5. The third-order valence-corrected chi connectivity index (χ3v) is 7.39. The van der Waals surface area contributed by atoms with Gasteiger partial charge in [-0.15, -0.1) is 11.3 Å². The molecule has 1 saturated heterocycles. The first-order valence-corrected chi connectivity index (χ1v) is 13.5. The number of piperidine rings is 1. The van der Waals surface area contributed by atoms with Gasteiger partial charge in [-0.25, -0.2) is 9.97 Å². The van der Waals surface area contributed by atoms with E-state index in [-0.39, 0.29) is 5.91 Å². The molecular formula is C25H23ClN4O2S2. The quantitative estimate of drug-likeness (QED) is 0.220. The van der Waals surface area contributed by atoms with Crippen molar-refractivity contribution in [3.8, 4) is 11.5 Å². The van der Waals surface area contributed by atoms with Gasteiger partial charge >= 0.3 is 0 Å². The molecule has 3 heterocycles. The van der Waals surface area contributed by atoms with Crippen molar-refractivity contribution >= 4 is 62.3 Å². The van der Waals surface area contributed by atoms with Crippen LogP contribution < -0.4 is 15.0 Å². The lowest BCUT2D eigenvalue weighted by molar-refractivity contribution is 0.103. The summed E-state index contributed by atoms with van der Waals surface area (Å²) < 4.78 is 5.99. The van der Waals surface area contributed by atoms with Gasteiger partial charge in [0.15, 0.2) is 10.9 Å². The molecule has 1 aliphatic rings. The largest absolute Gasteiger partial charge is 0.455 e. The number of thiophene rings is 1. The Morgan fingerprint density at radius 1 is 1.09 bits per heavy atom. The topological polar surface area (TPSA) is 67.4 Å². The number of ether oxygens (including phenoxy) is 1. The number of halogens is 1. The lowest BCUT2D eigenvalue weighted by atomic mass is 10.1. The van der Waals surface area contributed by atoms with Gasteiger partial charge in [-0.3, -0.25) is 4.79 Å². The Bertz CT molecular complexity index is 1320. The van der Waals surface area contributed by atoms with Crippen LogP contribution in [0.25, 0.3) is 10.2 Å². The minimum absolute atomic E-state index is 0.238. The summed E-state index contributed by atoms with van der Waals surface area (Å²) in [7, 11) is 0. The van der Waals surface area contributed by atoms with E-state index >= 15 is 0 Å². The van der Waals surface area contributed by atoms with Gasteiger partial charge in [-0.05, 0) is 61.9 Å². The minimum Gasteiger partial charge on any atom is -0.455 e. The fourth-order valence-electron chi connectivity index (χ4n) is 3.93. The maximum absolute atomic E-state index is 13.3. The molecule has 6 nitrogen and oxygen atoms in total. The van der Waals surface area contributed by atoms with Crippen LogP contribution in [0, 0.1) is 0 Å². The van der Waals surface area contributed by atoms with Crippen LogP contribution in [0.2, 0.25) is 5.02 Å². The number of anilines is 2. The molecule has 1 amide bonds. The number of fused-ring (bicyclic) bond motifs is 1. The van der Waals surface area contributed by atoms with Gasteiger partial charge in [-0.1, -0.05) is 41.6 Å². The smallest absolute Gasteiger partial charge is 0.265 e. The van der Waals surface area contributed by atoms with Crippen molar-refractivity contribution < 1.29 is 9.53 Å². The SMILES string of the molecule is CSc1nc(N2CCCCC2)c2cc(C(=O)Nc3cc(Cl)ccc3Oc3ccccc3)sc2n1. The molecule has 1 aliphatic heterocycles. The van der Waals surface area contributed by atoms with Crippen molar-refractivity contribution in [2.75, 3.05) is 29.6 Å². The first-order valence-electron chi connectivity index (χ1n) is 11.0. The van der Waals surface area contributed by atoms with Crippen molar-refractivity contribution in [3.05, 3.63) is 64.5 Å². The molecule has 9 heteroatoms. The zero-order valence-corrected chi connectivity index (χ0v) is 21.0. The average molecular weight is 511 g/mol. The summed E-state index contributed by atoms with van der Waals surface area (Å²) in [6.07, 6.45) is 5.51. The Balaban J connectivity index is 1.46. The Hall–Kier alpha value is -2.81. The van der Waals surface area contributed by atoms with Crippen LogP contribution in [0.4, 0.5) is 11.5 Å². The molecule has 0 bridgehead atoms. The normalized spacial score (nSPS) is 13.8. The van der Waals surface area contributed by atoms with Crippen LogP contribution >= 0.6 is 34.7 Å². The molecule has 5 rings (SSSR count). The molecule has 0 radical (unpaired) electrons. The lowest BCUT2D eigenvalue weighted by Gasteiger charge is -2.28. The van der Waals surface area contributed by atoms with Crippen LogP contribution in [-0.2, 0) is 0 Å². The number of carbonyl (C=O) groups is 1. The zero-order chi connectivity index (χ0) is 23.5. The molecule has 174 valence electrons. The minimum atomic E-state index is -0.238. The summed E-state index contributed by atoms with van der Waals surface area (Å²) in [5.74, 6) is 1.87. The second-order valence-corrected chi connectivity index (χ2v) is 10.2. The van der Waals surface area contributed by atoms with Gasteiger partial charge < -0.3 is 15.0 Å². The van der Waals surface area contributed by atoms with Crippen molar-refractivity contribution in [1.82, 2.24) is 9.97 Å². The number of para-hydroxylation sites is 1. The highest BCUT2D eigenvalue weighted by molar-refractivity contribution is 7.98. The second kappa shape index (κ2) is 10.2. The molecule has 1 N–H and O–H groups in total. The van der Waals surface area contributed by atoms with E-state index < -0.39 is 0 Å². The number of hydrogen-bond acceptors (Lipinski definition) is 7. The Morgan fingerprint density at radius 2 is 1.88 bits per heavy atom. The lowest BCUT2D eigenvalue weighted by Crippen LogP contribution is -2.30. The van der Waals surface area contributed by atoms with Crippen molar-refractivity contribution in [2.45, 2.75) is 24.4 Å². The summed E-state index contributed by atoms with van der Waals surface area (Å²) in [5.41, 5.74) is 0.506. The first kappa shape index (κ1) is 23.0. The Kier molecular flexibility index (Phi) is 6.89. The predicted molar refractivity (Wildman–Crippen MR) is 141 cm³/mol. The molecule has 4 aromatic rings. The van der Waals surface area contributed by atoms with Crippen molar-refractivity contribution in [2.24, 2.45) is 0 Å². The maximum atomic E-state index is 13.3. The summed E-state index contributed by atoms with van der Waals surface area (Å²) >= 11 is 9.11. The Labute approximate surface area is 211 Å². The molecule has 0 unspecified atom stereocenters. The molecule has 0 spiro atoms. The van der Waals surface area contributed by atoms with Gasteiger partial charge in [0.2, 0.25) is 0 Å². The second-order valence-electron chi connectivity index (χ2n) is 7.92. The van der Waals surface area contributed by atoms with E-state index in [0.717, 1.165) is 47.1 Å². The van der Waals surface area contributed by atoms with E-state index in [1.807, 2.05) is 42.7 Å². The Morgan fingerprint density at radius 3 is 2.65 bits per heavy atom. The number of amides is 1. The third kappa shape index (κ3) is 4.99. The highest BCUT2D eigenvalue weighted by Gasteiger charge is 2.21. The molecular weight excluding hydrogens is 488 g/mol. The van der Waals surface area contributed by atoms with E-state index in [1.54, 1.807) is 18.2 Å². The number of carbonyl (C=O) groups excluding carboxylic acids is 1. The van der Waals surface area contributed by atoms with Crippen molar-refractivity contribution in [1.29, 1.82) is 0 Å². The number of nitrogens with zero attached hydrogens (tertiary/aromatic N) is 3. The molecule has 34 heavy (non-hydrogen) atoms. The van der Waals surface area contributed by atoms with E-state index in [4.69, 9.17) is 21.3 Å². The molecule has 2 aromatic heterocycles. The predicted octanol–water partition coefficient (Wildman–Crippen LogP) is 7.10. The maximum Gasteiger partial charge on any atom is 0.265 e. The average Bonchev–Trinajstić information content (AvgIpc) is 3.31. The van der Waals surface area contributed by atoms with Crippen LogP contribution in [0.5, 0.6) is 11.5 Å². The third-order valence-electron chi connectivity index (χ3n) is 5.57. The fourth-order valence-corrected chi connectivity index (χ4v) is 5.44. The van der Waals surface area contributed by atoms with Gasteiger partial charge in [0.1, 0.15) is 16.4 Å². The number of aromatic nitrogens is 2. The highest BCUT2D eigenvalue weighted by Crippen LogP contribution is 2.36. The van der Waals surface area contributed by atoms with E-state index in [0.29, 0.717) is 27.1 Å². The van der Waals surface area contributed by atoms with E-state index in [2.05, 4.69) is 15.2 Å². The summed E-state index contributed by atoms with van der Waals surface area (Å²) in [4.78, 5) is 26.4. The molecule has 1 fully saturated rings. The zero-order valence-electron chi connectivity index (χ0n) is 18.6. The number of benzene rings is 2. The summed E-state index contributed by atoms with van der Waals surface area (Å²) in [6.45, 7) is 1.94. The van der Waals surface area contributed by atoms with Gasteiger partial charge in [0.25, 0.3) is 5.91 Å². The van der Waals surface area contributed by atoms with Crippen LogP contribution in [0.15, 0.2) is 59.8 Å². The number of rotatable bonds is 6. The monoisotopic (exact) mass is 510 g/mol. The van der Waals surface area contributed by atoms with Gasteiger partial charge in [0, 0.05) is 18.1 Å². The standard InChI is InChI=1S/C25H23ClN4O2S2/c1-33-25-28-22(30-12-6-3-7-13-30)18-15-21(34-24(18)29-25)23(31)27-19-14-16(26)10-11-20(19)32-17-8-4-2-5-9-17/h2,4-5,8-11,14-15H,3,6-7,12-13H2,1H3,(H,27,31). The fraction of sp³-hybridized carbons (Fsp3) is 0.240. The first-order chi connectivity index (χ1) is 16.6. The van der Waals surface area contributed by atoms with E-state index in [1.165, 1.54) is 29.5 Å². The van der Waals surface area contributed by atoms with Crippen LogP contribution in [0.3, 0.4) is 0 Å². The van der Waals surface area contributed by atoms with Gasteiger partial charge in [-0.2, -0.15) is 0 Å². The number of hydrogen-bond donors (Lipinski definition) is 1. The molecule has 2 aromatic carbocycles.